The molecule has 0 aromatic heterocycles. The first kappa shape index (κ1) is 13.3. The van der Waals surface area contributed by atoms with Gasteiger partial charge in [0.25, 0.3) is 0 Å². The highest BCUT2D eigenvalue weighted by Gasteiger charge is 2.17. The SMILES string of the molecule is OC(c1ccc2c(c1)COC2)c1ccc(Br)cc1Br. The summed E-state index contributed by atoms with van der Waals surface area (Å²) in [4.78, 5) is 0. The number of halogens is 2. The topological polar surface area (TPSA) is 29.5 Å². The summed E-state index contributed by atoms with van der Waals surface area (Å²) in [6.45, 7) is 1.31. The third-order valence-corrected chi connectivity index (χ3v) is 4.50. The van der Waals surface area contributed by atoms with Crippen molar-refractivity contribution >= 4 is 31.9 Å². The predicted octanol–water partition coefficient (Wildman–Crippen LogP) is 4.32. The van der Waals surface area contributed by atoms with Gasteiger partial charge in [0, 0.05) is 8.95 Å². The van der Waals surface area contributed by atoms with Gasteiger partial charge in [-0.1, -0.05) is 56.1 Å². The zero-order chi connectivity index (χ0) is 13.4. The molecule has 0 saturated heterocycles. The molecule has 3 rings (SSSR count). The first-order valence-corrected chi connectivity index (χ1v) is 7.56. The Bertz CT molecular complexity index is 626. The Labute approximate surface area is 128 Å². The fourth-order valence-electron chi connectivity index (χ4n) is 2.26. The monoisotopic (exact) mass is 382 g/mol. The molecule has 0 saturated carbocycles. The van der Waals surface area contributed by atoms with Gasteiger partial charge in [-0.2, -0.15) is 0 Å². The van der Waals surface area contributed by atoms with Crippen molar-refractivity contribution in [2.45, 2.75) is 19.3 Å². The molecule has 2 aromatic rings. The number of benzene rings is 2. The molecule has 1 aliphatic heterocycles. The first-order valence-electron chi connectivity index (χ1n) is 5.97. The Kier molecular flexibility index (Phi) is 3.76. The summed E-state index contributed by atoms with van der Waals surface area (Å²) in [5.41, 5.74) is 4.14. The summed E-state index contributed by atoms with van der Waals surface area (Å²) in [7, 11) is 0. The predicted molar refractivity (Wildman–Crippen MR) is 80.8 cm³/mol. The van der Waals surface area contributed by atoms with Crippen LogP contribution in [0, 0.1) is 0 Å². The van der Waals surface area contributed by atoms with Crippen LogP contribution in [0.2, 0.25) is 0 Å². The Morgan fingerprint density at radius 1 is 1.00 bits per heavy atom. The van der Waals surface area contributed by atoms with Gasteiger partial charge in [0.05, 0.1) is 13.2 Å². The van der Waals surface area contributed by atoms with Gasteiger partial charge in [0.15, 0.2) is 0 Å². The zero-order valence-corrected chi connectivity index (χ0v) is 13.2. The minimum atomic E-state index is -0.631. The average Bonchev–Trinajstić information content (AvgIpc) is 2.85. The van der Waals surface area contributed by atoms with Crippen LogP contribution in [0.3, 0.4) is 0 Å². The van der Waals surface area contributed by atoms with Crippen LogP contribution in [-0.2, 0) is 18.0 Å². The Morgan fingerprint density at radius 2 is 1.79 bits per heavy atom. The Morgan fingerprint density at radius 3 is 2.58 bits per heavy atom. The third kappa shape index (κ3) is 2.63. The lowest BCUT2D eigenvalue weighted by Gasteiger charge is -2.14. The molecule has 0 radical (unpaired) electrons. The van der Waals surface area contributed by atoms with Gasteiger partial charge in [-0.25, -0.2) is 0 Å². The fraction of sp³-hybridized carbons (Fsp3) is 0.200. The third-order valence-electron chi connectivity index (χ3n) is 3.32. The molecule has 0 bridgehead atoms. The number of hydrogen-bond acceptors (Lipinski definition) is 2. The summed E-state index contributed by atoms with van der Waals surface area (Å²) >= 11 is 6.91. The minimum Gasteiger partial charge on any atom is -0.384 e. The largest absolute Gasteiger partial charge is 0.384 e. The van der Waals surface area contributed by atoms with Crippen LogP contribution in [0.5, 0.6) is 0 Å². The molecule has 0 amide bonds. The Balaban J connectivity index is 1.97. The zero-order valence-electron chi connectivity index (χ0n) is 10.1. The second-order valence-corrected chi connectivity index (χ2v) is 6.36. The number of hydrogen-bond donors (Lipinski definition) is 1. The van der Waals surface area contributed by atoms with Crippen LogP contribution in [0.25, 0.3) is 0 Å². The molecule has 2 aromatic carbocycles. The van der Waals surface area contributed by atoms with E-state index in [2.05, 4.69) is 31.9 Å². The van der Waals surface area contributed by atoms with Crippen molar-refractivity contribution in [3.8, 4) is 0 Å². The molecule has 0 aliphatic carbocycles. The van der Waals surface area contributed by atoms with Crippen LogP contribution < -0.4 is 0 Å². The molecule has 1 atom stereocenters. The number of fused-ring (bicyclic) bond motifs is 1. The van der Waals surface area contributed by atoms with Crippen LogP contribution in [0.4, 0.5) is 0 Å². The molecular formula is C15H12Br2O2. The van der Waals surface area contributed by atoms with E-state index in [9.17, 15) is 5.11 Å². The van der Waals surface area contributed by atoms with Crippen molar-refractivity contribution < 1.29 is 9.84 Å². The number of aliphatic hydroxyl groups excluding tert-OH is 1. The molecular weight excluding hydrogens is 372 g/mol. The standard InChI is InChI=1S/C15H12Br2O2/c16-12-3-4-13(14(17)6-12)15(18)9-1-2-10-7-19-8-11(10)5-9/h1-6,15,18H,7-8H2. The number of rotatable bonds is 2. The molecule has 0 fully saturated rings. The molecule has 19 heavy (non-hydrogen) atoms. The van der Waals surface area contributed by atoms with Crippen molar-refractivity contribution in [1.82, 2.24) is 0 Å². The minimum absolute atomic E-state index is 0.631. The van der Waals surface area contributed by atoms with Crippen LogP contribution in [0.1, 0.15) is 28.4 Å². The second kappa shape index (κ2) is 5.37. The Hall–Kier alpha value is -0.680. The quantitative estimate of drug-likeness (QED) is 0.836. The van der Waals surface area contributed by atoms with Crippen molar-refractivity contribution in [3.63, 3.8) is 0 Å². The molecule has 4 heteroatoms. The summed E-state index contributed by atoms with van der Waals surface area (Å²) < 4.78 is 7.28. The lowest BCUT2D eigenvalue weighted by Crippen LogP contribution is -2.01. The normalized spacial score (nSPS) is 15.3. The van der Waals surface area contributed by atoms with E-state index in [0.717, 1.165) is 20.1 Å². The van der Waals surface area contributed by atoms with Gasteiger partial charge in [0.1, 0.15) is 6.10 Å². The highest BCUT2D eigenvalue weighted by atomic mass is 79.9. The van der Waals surface area contributed by atoms with Gasteiger partial charge in [-0.15, -0.1) is 0 Å². The van der Waals surface area contributed by atoms with E-state index in [1.807, 2.05) is 36.4 Å². The van der Waals surface area contributed by atoms with Crippen LogP contribution in [0.15, 0.2) is 45.3 Å². The maximum absolute atomic E-state index is 10.5. The molecule has 2 nitrogen and oxygen atoms in total. The fourth-order valence-corrected chi connectivity index (χ4v) is 3.53. The van der Waals surface area contributed by atoms with E-state index < -0.39 is 6.10 Å². The molecule has 0 spiro atoms. The lowest BCUT2D eigenvalue weighted by molar-refractivity contribution is 0.134. The molecule has 98 valence electrons. The average molecular weight is 384 g/mol. The maximum atomic E-state index is 10.5. The van der Waals surface area contributed by atoms with Gasteiger partial charge in [-0.3, -0.25) is 0 Å². The van der Waals surface area contributed by atoms with Crippen molar-refractivity contribution in [2.24, 2.45) is 0 Å². The molecule has 1 N–H and O–H groups in total. The van der Waals surface area contributed by atoms with Crippen molar-refractivity contribution in [2.75, 3.05) is 0 Å². The van der Waals surface area contributed by atoms with Gasteiger partial charge >= 0.3 is 0 Å². The van der Waals surface area contributed by atoms with E-state index in [1.165, 1.54) is 11.1 Å². The molecule has 1 unspecified atom stereocenters. The van der Waals surface area contributed by atoms with Gasteiger partial charge in [-0.05, 0) is 34.4 Å². The molecule has 1 heterocycles. The van der Waals surface area contributed by atoms with E-state index in [4.69, 9.17) is 4.74 Å². The number of aliphatic hydroxyl groups is 1. The van der Waals surface area contributed by atoms with Crippen molar-refractivity contribution in [1.29, 1.82) is 0 Å². The van der Waals surface area contributed by atoms with E-state index in [0.29, 0.717) is 13.2 Å². The second-order valence-electron chi connectivity index (χ2n) is 4.59. The smallest absolute Gasteiger partial charge is 0.105 e. The summed E-state index contributed by atoms with van der Waals surface area (Å²) in [6, 6.07) is 11.8. The highest BCUT2D eigenvalue weighted by molar-refractivity contribution is 9.11. The highest BCUT2D eigenvalue weighted by Crippen LogP contribution is 2.32. The number of ether oxygens (including phenoxy) is 1. The van der Waals surface area contributed by atoms with E-state index in [-0.39, 0.29) is 0 Å². The van der Waals surface area contributed by atoms with Gasteiger partial charge in [0.2, 0.25) is 0 Å². The summed E-state index contributed by atoms with van der Waals surface area (Å²) in [5.74, 6) is 0. The van der Waals surface area contributed by atoms with E-state index >= 15 is 0 Å². The lowest BCUT2D eigenvalue weighted by atomic mass is 9.98. The summed E-state index contributed by atoms with van der Waals surface area (Å²) in [6.07, 6.45) is -0.631. The van der Waals surface area contributed by atoms with Crippen LogP contribution in [-0.4, -0.2) is 5.11 Å². The van der Waals surface area contributed by atoms with Crippen LogP contribution >= 0.6 is 31.9 Å². The van der Waals surface area contributed by atoms with E-state index in [1.54, 1.807) is 0 Å². The summed E-state index contributed by atoms with van der Waals surface area (Å²) in [5, 5.41) is 10.5. The molecule has 1 aliphatic rings. The first-order chi connectivity index (χ1) is 9.15. The van der Waals surface area contributed by atoms with Gasteiger partial charge < -0.3 is 9.84 Å². The van der Waals surface area contributed by atoms with Crippen molar-refractivity contribution in [3.05, 3.63) is 67.6 Å². The maximum Gasteiger partial charge on any atom is 0.105 e.